The third-order valence-electron chi connectivity index (χ3n) is 6.41. The van der Waals surface area contributed by atoms with Gasteiger partial charge < -0.3 is 5.32 Å². The van der Waals surface area contributed by atoms with Gasteiger partial charge in [0, 0.05) is 6.54 Å². The van der Waals surface area contributed by atoms with Crippen molar-refractivity contribution in [3.8, 4) is 0 Å². The Morgan fingerprint density at radius 2 is 1.59 bits per heavy atom. The molecule has 0 aliphatic rings. The minimum absolute atomic E-state index is 0.0354. The molecule has 1 unspecified atom stereocenters. The molecule has 0 spiro atoms. The number of rotatable bonds is 8. The number of thioether (sulfide) groups is 1. The average Bonchev–Trinajstić information content (AvgIpc) is 2.97. The van der Waals surface area contributed by atoms with Gasteiger partial charge in [-0.2, -0.15) is 13.2 Å². The van der Waals surface area contributed by atoms with Gasteiger partial charge in [-0.1, -0.05) is 96.2 Å². The number of hydrogen-bond acceptors (Lipinski definition) is 4. The summed E-state index contributed by atoms with van der Waals surface area (Å²) in [5.41, 5.74) is 0.731. The maximum absolute atomic E-state index is 13.7. The van der Waals surface area contributed by atoms with E-state index in [4.69, 9.17) is 16.6 Å². The van der Waals surface area contributed by atoms with E-state index >= 15 is 0 Å². The maximum atomic E-state index is 13.7. The van der Waals surface area contributed by atoms with Crippen LogP contribution < -0.4 is 10.9 Å². The molecule has 0 radical (unpaired) electrons. The number of nitrogens with one attached hydrogen (secondary N) is 1. The van der Waals surface area contributed by atoms with Crippen LogP contribution in [0.15, 0.2) is 113 Å². The highest BCUT2D eigenvalue weighted by Crippen LogP contribution is 2.38. The van der Waals surface area contributed by atoms with Gasteiger partial charge in [0.2, 0.25) is 5.91 Å². The number of anilines is 1. The molecule has 208 valence electrons. The van der Waals surface area contributed by atoms with Crippen molar-refractivity contribution in [3.63, 3.8) is 0 Å². The van der Waals surface area contributed by atoms with Crippen molar-refractivity contribution in [2.75, 3.05) is 5.32 Å². The summed E-state index contributed by atoms with van der Waals surface area (Å²) in [5.74, 6) is -0.612. The molecule has 10 heteroatoms. The molecule has 5 aromatic rings. The molecule has 0 fully saturated rings. The van der Waals surface area contributed by atoms with E-state index in [9.17, 15) is 22.8 Å². The van der Waals surface area contributed by atoms with E-state index in [2.05, 4.69) is 5.32 Å². The number of carbonyl (C=O) groups is 1. The van der Waals surface area contributed by atoms with E-state index in [1.165, 1.54) is 0 Å². The van der Waals surface area contributed by atoms with Crippen molar-refractivity contribution in [2.24, 2.45) is 0 Å². The van der Waals surface area contributed by atoms with E-state index in [1.807, 2.05) is 30.3 Å². The largest absolute Gasteiger partial charge is 0.416 e. The number of aromatic nitrogens is 2. The van der Waals surface area contributed by atoms with Gasteiger partial charge in [0.15, 0.2) is 5.16 Å². The molecule has 1 amide bonds. The highest BCUT2D eigenvalue weighted by atomic mass is 35.5. The van der Waals surface area contributed by atoms with Crippen LogP contribution in [0.25, 0.3) is 10.9 Å². The lowest BCUT2D eigenvalue weighted by Crippen LogP contribution is -2.26. The lowest BCUT2D eigenvalue weighted by atomic mass is 10.1. The third-order valence-corrected chi connectivity index (χ3v) is 7.98. The van der Waals surface area contributed by atoms with Crippen molar-refractivity contribution in [2.45, 2.75) is 29.5 Å². The highest BCUT2D eigenvalue weighted by molar-refractivity contribution is 8.00. The summed E-state index contributed by atoms with van der Waals surface area (Å²) in [4.78, 5) is 32.0. The lowest BCUT2D eigenvalue weighted by Gasteiger charge is -2.20. The van der Waals surface area contributed by atoms with Crippen LogP contribution >= 0.6 is 23.4 Å². The molecule has 5 rings (SSSR count). The topological polar surface area (TPSA) is 64.0 Å². The first-order valence-electron chi connectivity index (χ1n) is 12.6. The van der Waals surface area contributed by atoms with Gasteiger partial charge in [-0.25, -0.2) is 4.98 Å². The van der Waals surface area contributed by atoms with Gasteiger partial charge in [-0.05, 0) is 47.9 Å². The van der Waals surface area contributed by atoms with Gasteiger partial charge in [-0.3, -0.25) is 14.2 Å². The Kier molecular flexibility index (Phi) is 8.46. The first-order valence-corrected chi connectivity index (χ1v) is 13.9. The number of aryl methyl sites for hydroxylation is 1. The van der Waals surface area contributed by atoms with E-state index in [0.29, 0.717) is 34.6 Å². The fraction of sp³-hybridized carbons (Fsp3) is 0.129. The molecule has 0 saturated carbocycles. The Hall–Kier alpha value is -4.08. The lowest BCUT2D eigenvalue weighted by molar-refractivity contribution is -0.137. The van der Waals surface area contributed by atoms with Crippen molar-refractivity contribution in [1.29, 1.82) is 0 Å². The zero-order valence-corrected chi connectivity index (χ0v) is 23.0. The second-order valence-corrected chi connectivity index (χ2v) is 10.7. The molecular formula is C31H23ClF3N3O2S. The van der Waals surface area contributed by atoms with Gasteiger partial charge in [-0.15, -0.1) is 0 Å². The number of hydrogen-bond donors (Lipinski definition) is 1. The van der Waals surface area contributed by atoms with E-state index in [1.54, 1.807) is 59.2 Å². The van der Waals surface area contributed by atoms with Crippen LogP contribution in [0.2, 0.25) is 5.02 Å². The van der Waals surface area contributed by atoms with Crippen LogP contribution in [0.5, 0.6) is 0 Å². The second kappa shape index (κ2) is 12.2. The number of nitrogens with zero attached hydrogens (tertiary/aromatic N) is 2. The first-order chi connectivity index (χ1) is 19.7. The van der Waals surface area contributed by atoms with Crippen LogP contribution in [-0.2, 0) is 23.9 Å². The zero-order valence-electron chi connectivity index (χ0n) is 21.4. The summed E-state index contributed by atoms with van der Waals surface area (Å²) in [5, 5.41) is 2.32. The number of para-hydroxylation sites is 1. The van der Waals surface area contributed by atoms with Crippen molar-refractivity contribution >= 4 is 45.9 Å². The number of fused-ring (bicyclic) bond motifs is 1. The third kappa shape index (κ3) is 6.64. The van der Waals surface area contributed by atoms with Crippen molar-refractivity contribution in [1.82, 2.24) is 9.55 Å². The highest BCUT2D eigenvalue weighted by Gasteiger charge is 2.32. The molecule has 1 atom stereocenters. The number of halogens is 4. The molecule has 0 bridgehead atoms. The average molecular weight is 594 g/mol. The van der Waals surface area contributed by atoms with Crippen LogP contribution in [-0.4, -0.2) is 15.5 Å². The second-order valence-electron chi connectivity index (χ2n) is 9.19. The number of alkyl halides is 3. The van der Waals surface area contributed by atoms with Gasteiger partial charge in [0.25, 0.3) is 5.56 Å². The van der Waals surface area contributed by atoms with Crippen molar-refractivity contribution < 1.29 is 18.0 Å². The Labute approximate surface area is 243 Å². The fourth-order valence-electron chi connectivity index (χ4n) is 4.32. The van der Waals surface area contributed by atoms with Gasteiger partial charge >= 0.3 is 6.18 Å². The standard InChI is InChI=1S/C31H23ClF3N3O2S/c32-24-16-15-22(31(33,34)35)19-26(24)36-28(39)27(21-11-5-2-6-12-21)41-30-37-25-14-8-7-13-23(25)29(40)38(30)18-17-20-9-3-1-4-10-20/h1-16,19,27H,17-18H2,(H,36,39). The molecule has 41 heavy (non-hydrogen) atoms. The summed E-state index contributed by atoms with van der Waals surface area (Å²) in [6, 6.07) is 28.2. The monoisotopic (exact) mass is 593 g/mol. The minimum Gasteiger partial charge on any atom is -0.323 e. The van der Waals surface area contributed by atoms with Gasteiger partial charge in [0.05, 0.1) is 27.2 Å². The van der Waals surface area contributed by atoms with Gasteiger partial charge in [0.1, 0.15) is 5.25 Å². The number of amides is 1. The molecule has 0 aliphatic heterocycles. The molecule has 4 aromatic carbocycles. The Morgan fingerprint density at radius 1 is 0.927 bits per heavy atom. The predicted octanol–water partition coefficient (Wildman–Crippen LogP) is 7.78. The van der Waals surface area contributed by atoms with E-state index < -0.39 is 22.9 Å². The Balaban J connectivity index is 1.54. The summed E-state index contributed by atoms with van der Waals surface area (Å²) >= 11 is 7.22. The van der Waals surface area contributed by atoms with Crippen LogP contribution in [0.3, 0.4) is 0 Å². The number of benzene rings is 4. The molecule has 1 aromatic heterocycles. The smallest absolute Gasteiger partial charge is 0.323 e. The van der Waals surface area contributed by atoms with Crippen LogP contribution in [0.4, 0.5) is 18.9 Å². The normalized spacial score (nSPS) is 12.3. The zero-order chi connectivity index (χ0) is 29.0. The summed E-state index contributed by atoms with van der Waals surface area (Å²) in [7, 11) is 0. The fourth-order valence-corrected chi connectivity index (χ4v) is 5.61. The summed E-state index contributed by atoms with van der Waals surface area (Å²) in [6.07, 6.45) is -4.06. The summed E-state index contributed by atoms with van der Waals surface area (Å²) < 4.78 is 41.6. The molecule has 0 saturated heterocycles. The maximum Gasteiger partial charge on any atom is 0.416 e. The Morgan fingerprint density at radius 3 is 2.29 bits per heavy atom. The first kappa shape index (κ1) is 28.4. The Bertz CT molecular complexity index is 1750. The van der Waals surface area contributed by atoms with Crippen LogP contribution in [0.1, 0.15) is 21.9 Å². The molecule has 0 aliphatic carbocycles. The molecule has 1 heterocycles. The SMILES string of the molecule is O=C(Nc1cc(C(F)(F)F)ccc1Cl)C(Sc1nc2ccccc2c(=O)n1CCc1ccccc1)c1ccccc1. The quantitative estimate of drug-likeness (QED) is 0.147. The van der Waals surface area contributed by atoms with E-state index in [0.717, 1.165) is 35.5 Å². The molecular weight excluding hydrogens is 571 g/mol. The predicted molar refractivity (Wildman–Crippen MR) is 156 cm³/mol. The molecule has 5 nitrogen and oxygen atoms in total. The summed E-state index contributed by atoms with van der Waals surface area (Å²) in [6.45, 7) is 0.311. The minimum atomic E-state index is -4.61. The van der Waals surface area contributed by atoms with E-state index in [-0.39, 0.29) is 16.3 Å². The number of carbonyl (C=O) groups excluding carboxylic acids is 1. The van der Waals surface area contributed by atoms with Crippen LogP contribution in [0, 0.1) is 0 Å². The molecule has 1 N–H and O–H groups in total. The van der Waals surface area contributed by atoms with Crippen molar-refractivity contribution in [3.05, 3.63) is 135 Å².